The number of hydrogen-bond acceptors (Lipinski definition) is 3. The summed E-state index contributed by atoms with van der Waals surface area (Å²) in [5, 5.41) is 3.49. The molecule has 0 radical (unpaired) electrons. The molecule has 1 N–H and O–H groups in total. The molecule has 3 nitrogen and oxygen atoms in total. The average Bonchev–Trinajstić information content (AvgIpc) is 2.66. The Labute approximate surface area is 111 Å². The first-order chi connectivity index (χ1) is 8.24. The van der Waals surface area contributed by atoms with E-state index in [1.54, 1.807) is 6.20 Å². The van der Waals surface area contributed by atoms with Crippen LogP contribution in [0.5, 0.6) is 0 Å². The van der Waals surface area contributed by atoms with Crippen LogP contribution in [0, 0.1) is 0 Å². The summed E-state index contributed by atoms with van der Waals surface area (Å²) in [6.07, 6.45) is 2.52. The van der Waals surface area contributed by atoms with Crippen LogP contribution in [0.2, 0.25) is 0 Å². The molecule has 0 saturated carbocycles. The minimum Gasteiger partial charge on any atom is -0.301 e. The molecule has 1 aromatic heterocycles. The standard InChI is InChI=1S/C12H9BrN2OS/c13-10-6-14-12(17-10)15-11(16)9-5-7-3-1-2-4-8(7)9/h1-4,6,9H,5H2,(H,14,15,16). The van der Waals surface area contributed by atoms with E-state index in [2.05, 4.69) is 32.3 Å². The van der Waals surface area contributed by atoms with E-state index < -0.39 is 0 Å². The van der Waals surface area contributed by atoms with Gasteiger partial charge in [0.1, 0.15) is 0 Å². The van der Waals surface area contributed by atoms with E-state index in [0.717, 1.165) is 15.8 Å². The average molecular weight is 309 g/mol. The number of aromatic nitrogens is 1. The second-order valence-corrected chi connectivity index (χ2v) is 6.32. The Morgan fingerprint density at radius 3 is 3.00 bits per heavy atom. The molecule has 5 heteroatoms. The maximum atomic E-state index is 12.0. The first-order valence-electron chi connectivity index (χ1n) is 5.24. The van der Waals surface area contributed by atoms with Crippen LogP contribution in [0.3, 0.4) is 0 Å². The Morgan fingerprint density at radius 2 is 2.29 bits per heavy atom. The van der Waals surface area contributed by atoms with Gasteiger partial charge in [0.05, 0.1) is 15.9 Å². The lowest BCUT2D eigenvalue weighted by Gasteiger charge is -2.28. The summed E-state index contributed by atoms with van der Waals surface area (Å²) >= 11 is 4.74. The molecule has 0 bridgehead atoms. The summed E-state index contributed by atoms with van der Waals surface area (Å²) in [6.45, 7) is 0. The highest BCUT2D eigenvalue weighted by molar-refractivity contribution is 9.11. The fourth-order valence-corrected chi connectivity index (χ4v) is 3.11. The van der Waals surface area contributed by atoms with Crippen molar-refractivity contribution >= 4 is 38.3 Å². The van der Waals surface area contributed by atoms with E-state index >= 15 is 0 Å². The maximum Gasteiger partial charge on any atom is 0.234 e. The quantitative estimate of drug-likeness (QED) is 0.926. The molecule has 0 aliphatic heterocycles. The molecular formula is C12H9BrN2OS. The van der Waals surface area contributed by atoms with Crippen molar-refractivity contribution in [3.63, 3.8) is 0 Å². The minimum atomic E-state index is -0.0196. The Kier molecular flexibility index (Phi) is 2.72. The second-order valence-electron chi connectivity index (χ2n) is 3.91. The smallest absolute Gasteiger partial charge is 0.234 e. The van der Waals surface area contributed by atoms with Crippen molar-refractivity contribution < 1.29 is 4.79 Å². The van der Waals surface area contributed by atoms with Gasteiger partial charge in [-0.25, -0.2) is 4.98 Å². The fraction of sp³-hybridized carbons (Fsp3) is 0.167. The highest BCUT2D eigenvalue weighted by Gasteiger charge is 2.31. The molecule has 1 amide bonds. The predicted molar refractivity (Wildman–Crippen MR) is 71.3 cm³/mol. The zero-order valence-corrected chi connectivity index (χ0v) is 11.2. The van der Waals surface area contributed by atoms with Gasteiger partial charge in [0.2, 0.25) is 5.91 Å². The van der Waals surface area contributed by atoms with Gasteiger partial charge in [0, 0.05) is 0 Å². The van der Waals surface area contributed by atoms with Gasteiger partial charge in [-0.05, 0) is 33.5 Å². The summed E-state index contributed by atoms with van der Waals surface area (Å²) in [4.78, 5) is 16.1. The Balaban J connectivity index is 1.73. The summed E-state index contributed by atoms with van der Waals surface area (Å²) in [7, 11) is 0. The van der Waals surface area contributed by atoms with E-state index in [9.17, 15) is 4.79 Å². The van der Waals surface area contributed by atoms with Gasteiger partial charge in [0.25, 0.3) is 0 Å². The number of nitrogens with one attached hydrogen (secondary N) is 1. The molecule has 0 spiro atoms. The molecule has 1 aliphatic rings. The van der Waals surface area contributed by atoms with Gasteiger partial charge in [-0.1, -0.05) is 35.6 Å². The van der Waals surface area contributed by atoms with Crippen LogP contribution < -0.4 is 5.32 Å². The summed E-state index contributed by atoms with van der Waals surface area (Å²) in [5.74, 6) is 0.0134. The van der Waals surface area contributed by atoms with Crippen LogP contribution >= 0.6 is 27.3 Å². The molecule has 17 heavy (non-hydrogen) atoms. The zero-order chi connectivity index (χ0) is 11.8. The lowest BCUT2D eigenvalue weighted by Crippen LogP contribution is -2.30. The lowest BCUT2D eigenvalue weighted by molar-refractivity contribution is -0.118. The summed E-state index contributed by atoms with van der Waals surface area (Å²) in [6, 6.07) is 8.06. The third-order valence-electron chi connectivity index (χ3n) is 2.88. The first kappa shape index (κ1) is 10.9. The molecule has 1 heterocycles. The first-order valence-corrected chi connectivity index (χ1v) is 6.85. The molecule has 1 aromatic carbocycles. The number of hydrogen-bond donors (Lipinski definition) is 1. The van der Waals surface area contributed by atoms with Gasteiger partial charge in [-0.2, -0.15) is 0 Å². The molecule has 1 aliphatic carbocycles. The molecule has 1 atom stereocenters. The van der Waals surface area contributed by atoms with Gasteiger partial charge in [-0.15, -0.1) is 0 Å². The molecule has 1 unspecified atom stereocenters. The molecular weight excluding hydrogens is 300 g/mol. The van der Waals surface area contributed by atoms with Gasteiger partial charge < -0.3 is 5.32 Å². The van der Waals surface area contributed by atoms with Crippen molar-refractivity contribution in [2.24, 2.45) is 0 Å². The largest absolute Gasteiger partial charge is 0.301 e. The van der Waals surface area contributed by atoms with Crippen molar-refractivity contribution in [3.8, 4) is 0 Å². The van der Waals surface area contributed by atoms with Crippen LogP contribution in [-0.4, -0.2) is 10.9 Å². The number of fused-ring (bicyclic) bond motifs is 1. The number of amides is 1. The summed E-state index contributed by atoms with van der Waals surface area (Å²) < 4.78 is 0.918. The van der Waals surface area contributed by atoms with E-state index in [-0.39, 0.29) is 11.8 Å². The van der Waals surface area contributed by atoms with Crippen molar-refractivity contribution in [2.75, 3.05) is 5.32 Å². The monoisotopic (exact) mass is 308 g/mol. The third-order valence-corrected chi connectivity index (χ3v) is 4.27. The number of carbonyl (C=O) groups is 1. The van der Waals surface area contributed by atoms with Crippen molar-refractivity contribution in [1.29, 1.82) is 0 Å². The Hall–Kier alpha value is -1.20. The second kappa shape index (κ2) is 4.23. The van der Waals surface area contributed by atoms with Crippen LogP contribution in [0.1, 0.15) is 17.0 Å². The highest BCUT2D eigenvalue weighted by Crippen LogP contribution is 2.36. The van der Waals surface area contributed by atoms with Gasteiger partial charge in [-0.3, -0.25) is 4.79 Å². The normalized spacial score (nSPS) is 17.1. The van der Waals surface area contributed by atoms with E-state index in [1.165, 1.54) is 16.9 Å². The summed E-state index contributed by atoms with van der Waals surface area (Å²) in [5.41, 5.74) is 2.41. The molecule has 2 aromatic rings. The predicted octanol–water partition coefficient (Wildman–Crippen LogP) is 3.18. The lowest BCUT2D eigenvalue weighted by atomic mass is 9.77. The number of halogens is 1. The van der Waals surface area contributed by atoms with Crippen molar-refractivity contribution in [1.82, 2.24) is 4.98 Å². The number of thiazole rings is 1. The number of nitrogens with zero attached hydrogens (tertiary/aromatic N) is 1. The van der Waals surface area contributed by atoms with Crippen LogP contribution in [0.25, 0.3) is 0 Å². The topological polar surface area (TPSA) is 42.0 Å². The van der Waals surface area contributed by atoms with Crippen LogP contribution in [0.4, 0.5) is 5.13 Å². The zero-order valence-electron chi connectivity index (χ0n) is 8.81. The van der Waals surface area contributed by atoms with E-state index in [0.29, 0.717) is 5.13 Å². The van der Waals surface area contributed by atoms with Crippen molar-refractivity contribution in [2.45, 2.75) is 12.3 Å². The highest BCUT2D eigenvalue weighted by atomic mass is 79.9. The van der Waals surface area contributed by atoms with Crippen molar-refractivity contribution in [3.05, 3.63) is 45.4 Å². The SMILES string of the molecule is O=C(Nc1ncc(Br)s1)C1Cc2ccccc21. The van der Waals surface area contributed by atoms with Crippen LogP contribution in [-0.2, 0) is 11.2 Å². The maximum absolute atomic E-state index is 12.0. The fourth-order valence-electron chi connectivity index (χ4n) is 2.00. The molecule has 86 valence electrons. The molecule has 3 rings (SSSR count). The number of anilines is 1. The van der Waals surface area contributed by atoms with Gasteiger partial charge >= 0.3 is 0 Å². The third kappa shape index (κ3) is 2.00. The molecule has 0 fully saturated rings. The number of rotatable bonds is 2. The number of carbonyl (C=O) groups excluding carboxylic acids is 1. The van der Waals surface area contributed by atoms with E-state index in [1.807, 2.05) is 18.2 Å². The Morgan fingerprint density at radius 1 is 1.47 bits per heavy atom. The minimum absolute atomic E-state index is 0.0196. The van der Waals surface area contributed by atoms with E-state index in [4.69, 9.17) is 0 Å². The van der Waals surface area contributed by atoms with Crippen LogP contribution in [0.15, 0.2) is 34.2 Å². The molecule has 0 saturated heterocycles. The van der Waals surface area contributed by atoms with Gasteiger partial charge in [0.15, 0.2) is 5.13 Å². The number of benzene rings is 1. The Bertz CT molecular complexity index is 581.